The van der Waals surface area contributed by atoms with Crippen molar-refractivity contribution < 1.29 is 24.5 Å². The predicted octanol–water partition coefficient (Wildman–Crippen LogP) is 4.43. The third-order valence-electron chi connectivity index (χ3n) is 10.2. The Kier molecular flexibility index (Phi) is 5.55. The fourth-order valence-corrected chi connectivity index (χ4v) is 8.73. The minimum Gasteiger partial charge on any atom is -0.481 e. The van der Waals surface area contributed by atoms with Gasteiger partial charge in [-0.1, -0.05) is 20.8 Å². The fourth-order valence-electron chi connectivity index (χ4n) is 8.73. The molecule has 166 valence electrons. The van der Waals surface area contributed by atoms with Gasteiger partial charge in [0.15, 0.2) is 0 Å². The first-order valence-electron chi connectivity index (χ1n) is 11.8. The third kappa shape index (κ3) is 3.35. The summed E-state index contributed by atoms with van der Waals surface area (Å²) in [5.74, 6) is 1.35. The lowest BCUT2D eigenvalue weighted by Crippen LogP contribution is -2.60. The van der Waals surface area contributed by atoms with Gasteiger partial charge < -0.3 is 15.3 Å². The average Bonchev–Trinajstić information content (AvgIpc) is 2.99. The van der Waals surface area contributed by atoms with Crippen LogP contribution in [0.2, 0.25) is 0 Å². The van der Waals surface area contributed by atoms with Gasteiger partial charge in [-0.05, 0) is 97.7 Å². The van der Waals surface area contributed by atoms with Gasteiger partial charge in [0, 0.05) is 6.42 Å². The number of hydrogen-bond acceptors (Lipinski definition) is 3. The van der Waals surface area contributed by atoms with Gasteiger partial charge >= 0.3 is 5.97 Å². The normalized spacial score (nSPS) is 52.9. The van der Waals surface area contributed by atoms with Gasteiger partial charge in [0.2, 0.25) is 0 Å². The minimum absolute atomic E-state index is 0.128. The van der Waals surface area contributed by atoms with Gasteiger partial charge in [-0.2, -0.15) is 0 Å². The predicted molar refractivity (Wildman–Crippen MR) is 109 cm³/mol. The molecule has 4 nitrogen and oxygen atoms in total. The number of aliphatic hydroxyl groups is 2. The van der Waals surface area contributed by atoms with Crippen LogP contribution < -0.4 is 0 Å². The first kappa shape index (κ1) is 21.5. The highest BCUT2D eigenvalue weighted by molar-refractivity contribution is 5.66. The Hall–Kier alpha value is -0.680. The molecule has 0 saturated heterocycles. The number of carboxylic acid groups (broad SMARTS) is 1. The number of aliphatic hydroxyl groups excluding tert-OH is 2. The molecule has 0 radical (unpaired) electrons. The van der Waals surface area contributed by atoms with Crippen molar-refractivity contribution in [3.8, 4) is 0 Å². The van der Waals surface area contributed by atoms with Crippen LogP contribution in [0.15, 0.2) is 0 Å². The Balaban J connectivity index is 1.57. The Morgan fingerprint density at radius 1 is 1.07 bits per heavy atom. The van der Waals surface area contributed by atoms with Gasteiger partial charge in [0.05, 0.1) is 12.2 Å². The molecule has 0 heterocycles. The summed E-state index contributed by atoms with van der Waals surface area (Å²) in [6.07, 6.45) is 4.48. The van der Waals surface area contributed by atoms with Crippen molar-refractivity contribution in [3.63, 3.8) is 0 Å². The summed E-state index contributed by atoms with van der Waals surface area (Å²) in [7, 11) is 0. The lowest BCUT2D eigenvalue weighted by Gasteiger charge is -2.62. The summed E-state index contributed by atoms with van der Waals surface area (Å²) in [6.45, 7) is 6.81. The molecule has 0 aromatic heterocycles. The lowest BCUT2D eigenvalue weighted by atomic mass is 9.43. The van der Waals surface area contributed by atoms with E-state index in [0.717, 1.165) is 32.1 Å². The van der Waals surface area contributed by atoms with Gasteiger partial charge in [-0.3, -0.25) is 4.79 Å². The van der Waals surface area contributed by atoms with Crippen molar-refractivity contribution in [2.75, 3.05) is 0 Å². The van der Waals surface area contributed by atoms with Crippen LogP contribution in [0, 0.1) is 46.3 Å². The number of fused-ring (bicyclic) bond motifs is 5. The van der Waals surface area contributed by atoms with E-state index in [2.05, 4.69) is 20.8 Å². The lowest BCUT2D eigenvalue weighted by molar-refractivity contribution is -0.186. The van der Waals surface area contributed by atoms with E-state index in [1.165, 1.54) is 0 Å². The van der Waals surface area contributed by atoms with Crippen molar-refractivity contribution in [2.45, 2.75) is 96.9 Å². The van der Waals surface area contributed by atoms with Crippen LogP contribution in [0.25, 0.3) is 0 Å². The zero-order chi connectivity index (χ0) is 21.1. The smallest absolute Gasteiger partial charge is 0.303 e. The number of carbonyl (C=O) groups is 1. The van der Waals surface area contributed by atoms with Crippen molar-refractivity contribution in [2.24, 2.45) is 46.3 Å². The highest BCUT2D eigenvalue weighted by Crippen LogP contribution is 2.68. The van der Waals surface area contributed by atoms with Crippen LogP contribution in [0.4, 0.5) is 4.39 Å². The van der Waals surface area contributed by atoms with Crippen molar-refractivity contribution in [3.05, 3.63) is 0 Å². The first-order chi connectivity index (χ1) is 13.6. The van der Waals surface area contributed by atoms with Crippen LogP contribution >= 0.6 is 0 Å². The number of carboxylic acids is 1. The Labute approximate surface area is 174 Å². The molecule has 4 aliphatic carbocycles. The van der Waals surface area contributed by atoms with Gasteiger partial charge in [-0.15, -0.1) is 0 Å². The Bertz CT molecular complexity index is 640. The third-order valence-corrected chi connectivity index (χ3v) is 10.2. The molecule has 4 fully saturated rings. The standard InChI is InChI=1S/C24H39FO4/c1-13(4-7-21(28)29)15-5-6-16-22-17(8-9-23(15,16)2)24(3)12-18(25)19(26)10-14(24)11-20(22)27/h13-20,22,26-27H,4-12H2,1-3H3,(H,28,29)/t13-,14+,15-,16?,17?,18-,19+,20-,22?,23-,24+/m1/s1. The van der Waals surface area contributed by atoms with Gasteiger partial charge in [0.25, 0.3) is 0 Å². The number of rotatable bonds is 4. The topological polar surface area (TPSA) is 77.8 Å². The van der Waals surface area contributed by atoms with Crippen molar-refractivity contribution in [1.29, 1.82) is 0 Å². The van der Waals surface area contributed by atoms with E-state index >= 15 is 0 Å². The van der Waals surface area contributed by atoms with Crippen molar-refractivity contribution in [1.82, 2.24) is 0 Å². The summed E-state index contributed by atoms with van der Waals surface area (Å²) in [5.41, 5.74) is 0.0173. The second-order valence-corrected chi connectivity index (χ2v) is 11.5. The molecule has 0 amide bonds. The van der Waals surface area contributed by atoms with Crippen LogP contribution in [-0.2, 0) is 4.79 Å². The maximum Gasteiger partial charge on any atom is 0.303 e. The molecule has 0 bridgehead atoms. The Morgan fingerprint density at radius 3 is 2.41 bits per heavy atom. The molecule has 4 aliphatic rings. The molecule has 5 heteroatoms. The second-order valence-electron chi connectivity index (χ2n) is 11.5. The first-order valence-corrected chi connectivity index (χ1v) is 11.8. The van der Waals surface area contributed by atoms with E-state index < -0.39 is 18.2 Å². The molecule has 3 N–H and O–H groups in total. The summed E-state index contributed by atoms with van der Waals surface area (Å²) in [4.78, 5) is 11.0. The van der Waals surface area contributed by atoms with Gasteiger partial charge in [-0.25, -0.2) is 4.39 Å². The largest absolute Gasteiger partial charge is 0.481 e. The maximum atomic E-state index is 14.5. The van der Waals surface area contributed by atoms with Crippen molar-refractivity contribution >= 4 is 5.97 Å². The zero-order valence-corrected chi connectivity index (χ0v) is 18.2. The van der Waals surface area contributed by atoms with Crippen LogP contribution in [0.5, 0.6) is 0 Å². The molecular weight excluding hydrogens is 371 g/mol. The zero-order valence-electron chi connectivity index (χ0n) is 18.2. The maximum absolute atomic E-state index is 14.5. The highest BCUT2D eigenvalue weighted by Gasteiger charge is 2.63. The SMILES string of the molecule is C[C@H](CCC(=O)O)[C@H]1CCC2C3C(CC[C@@]21C)[C@@]1(C)C[C@@H](F)[C@@H](O)C[C@H]1C[C@H]3O. The molecule has 4 rings (SSSR count). The number of halogens is 1. The summed E-state index contributed by atoms with van der Waals surface area (Å²) < 4.78 is 14.5. The number of alkyl halides is 1. The minimum atomic E-state index is -1.15. The molecular formula is C24H39FO4. The highest BCUT2D eigenvalue weighted by atomic mass is 19.1. The van der Waals surface area contributed by atoms with Crippen LogP contribution in [0.1, 0.15) is 78.6 Å². The molecule has 0 aromatic rings. The average molecular weight is 411 g/mol. The molecule has 29 heavy (non-hydrogen) atoms. The number of hydrogen-bond donors (Lipinski definition) is 3. The summed E-state index contributed by atoms with van der Waals surface area (Å²) in [6, 6.07) is 0. The van der Waals surface area contributed by atoms with E-state index in [-0.39, 0.29) is 35.2 Å². The quantitative estimate of drug-likeness (QED) is 0.641. The molecule has 0 aliphatic heterocycles. The van der Waals surface area contributed by atoms with Gasteiger partial charge in [0.1, 0.15) is 6.17 Å². The number of aliphatic carboxylic acids is 1. The van der Waals surface area contributed by atoms with Crippen LogP contribution in [0.3, 0.4) is 0 Å². The van der Waals surface area contributed by atoms with E-state index in [9.17, 15) is 19.4 Å². The summed E-state index contributed by atoms with van der Waals surface area (Å²) >= 11 is 0. The molecule has 11 atom stereocenters. The second kappa shape index (κ2) is 7.47. The van der Waals surface area contributed by atoms with E-state index in [1.807, 2.05) is 0 Å². The Morgan fingerprint density at radius 2 is 1.72 bits per heavy atom. The summed E-state index contributed by atoms with van der Waals surface area (Å²) in [5, 5.41) is 30.4. The van der Waals surface area contributed by atoms with E-state index in [1.54, 1.807) is 0 Å². The molecule has 0 aromatic carbocycles. The van der Waals surface area contributed by atoms with E-state index in [4.69, 9.17) is 5.11 Å². The van der Waals surface area contributed by atoms with E-state index in [0.29, 0.717) is 42.9 Å². The molecule has 3 unspecified atom stereocenters. The fraction of sp³-hybridized carbons (Fsp3) is 0.958. The molecule has 0 spiro atoms. The monoisotopic (exact) mass is 410 g/mol. The molecule has 4 saturated carbocycles. The van der Waals surface area contributed by atoms with Crippen LogP contribution in [-0.4, -0.2) is 39.7 Å².